The highest BCUT2D eigenvalue weighted by Crippen LogP contribution is 2.11. The topological polar surface area (TPSA) is 15.3 Å². The molecule has 1 aromatic rings. The lowest BCUT2D eigenvalue weighted by molar-refractivity contribution is 0.349. The van der Waals surface area contributed by atoms with Crippen molar-refractivity contribution in [1.29, 1.82) is 0 Å². The number of likely N-dealkylation sites (N-methyl/N-ethyl adjacent to an activating group) is 1. The lowest BCUT2D eigenvalue weighted by Crippen LogP contribution is -2.36. The van der Waals surface area contributed by atoms with Crippen LogP contribution < -0.4 is 5.32 Å². The maximum absolute atomic E-state index is 3.56. The molecule has 0 spiro atoms. The van der Waals surface area contributed by atoms with Crippen LogP contribution in [-0.2, 0) is 6.42 Å². The van der Waals surface area contributed by atoms with Crippen molar-refractivity contribution in [3.05, 3.63) is 22.4 Å². The maximum atomic E-state index is 3.56. The highest BCUT2D eigenvalue weighted by Gasteiger charge is 2.01. The van der Waals surface area contributed by atoms with Crippen molar-refractivity contribution in [3.63, 3.8) is 0 Å². The normalized spacial score (nSPS) is 13.2. The Labute approximate surface area is 104 Å². The summed E-state index contributed by atoms with van der Waals surface area (Å²) in [5.41, 5.74) is 0. The van der Waals surface area contributed by atoms with Gasteiger partial charge in [0.2, 0.25) is 0 Å². The molecule has 0 saturated carbocycles. The van der Waals surface area contributed by atoms with Gasteiger partial charge >= 0.3 is 0 Å². The van der Waals surface area contributed by atoms with Gasteiger partial charge in [0.05, 0.1) is 0 Å². The van der Waals surface area contributed by atoms with E-state index in [4.69, 9.17) is 0 Å². The first kappa shape index (κ1) is 13.7. The van der Waals surface area contributed by atoms with E-state index in [9.17, 15) is 0 Å². The molecule has 0 saturated heterocycles. The fourth-order valence-corrected chi connectivity index (χ4v) is 2.59. The Morgan fingerprint density at radius 2 is 2.19 bits per heavy atom. The van der Waals surface area contributed by atoms with Gasteiger partial charge in [-0.05, 0) is 58.3 Å². The Morgan fingerprint density at radius 1 is 1.38 bits per heavy atom. The van der Waals surface area contributed by atoms with Crippen LogP contribution >= 0.6 is 11.3 Å². The Morgan fingerprint density at radius 3 is 2.81 bits per heavy atom. The van der Waals surface area contributed by atoms with Gasteiger partial charge in [-0.3, -0.25) is 0 Å². The Bertz CT molecular complexity index is 257. The first-order valence-electron chi connectivity index (χ1n) is 6.09. The summed E-state index contributed by atoms with van der Waals surface area (Å²) in [4.78, 5) is 3.74. The van der Waals surface area contributed by atoms with Crippen LogP contribution in [0.2, 0.25) is 0 Å². The average molecular weight is 240 g/mol. The molecule has 1 rings (SSSR count). The standard InChI is InChI=1S/C13H24N2S/c1-12(11-15(2)3)14-9-5-4-7-13-8-6-10-16-13/h6,8,10,12,14H,4-5,7,9,11H2,1-3H3. The van der Waals surface area contributed by atoms with E-state index < -0.39 is 0 Å². The van der Waals surface area contributed by atoms with Crippen molar-refractivity contribution in [2.75, 3.05) is 27.2 Å². The number of aryl methyl sites for hydroxylation is 1. The molecule has 1 heterocycles. The van der Waals surface area contributed by atoms with Crippen molar-refractivity contribution in [3.8, 4) is 0 Å². The summed E-state index contributed by atoms with van der Waals surface area (Å²) in [5, 5.41) is 5.72. The number of nitrogens with zero attached hydrogens (tertiary/aromatic N) is 1. The van der Waals surface area contributed by atoms with Gasteiger partial charge in [-0.1, -0.05) is 6.07 Å². The van der Waals surface area contributed by atoms with Crippen LogP contribution in [0, 0.1) is 0 Å². The van der Waals surface area contributed by atoms with E-state index in [1.54, 1.807) is 0 Å². The molecule has 3 heteroatoms. The predicted octanol–water partition coefficient (Wildman–Crippen LogP) is 2.61. The first-order chi connectivity index (χ1) is 7.68. The molecule has 0 radical (unpaired) electrons. The van der Waals surface area contributed by atoms with Gasteiger partial charge in [0.15, 0.2) is 0 Å². The lowest BCUT2D eigenvalue weighted by Gasteiger charge is -2.18. The summed E-state index contributed by atoms with van der Waals surface area (Å²) >= 11 is 1.87. The van der Waals surface area contributed by atoms with Crippen LogP contribution in [0.1, 0.15) is 24.6 Å². The summed E-state index contributed by atoms with van der Waals surface area (Å²) in [6.07, 6.45) is 3.80. The van der Waals surface area contributed by atoms with Crippen molar-refractivity contribution in [2.24, 2.45) is 0 Å². The summed E-state index contributed by atoms with van der Waals surface area (Å²) in [6, 6.07) is 4.96. The van der Waals surface area contributed by atoms with E-state index in [1.165, 1.54) is 24.1 Å². The molecule has 0 aliphatic rings. The number of rotatable bonds is 8. The van der Waals surface area contributed by atoms with Gasteiger partial charge in [0, 0.05) is 17.5 Å². The van der Waals surface area contributed by atoms with Gasteiger partial charge in [-0.15, -0.1) is 11.3 Å². The van der Waals surface area contributed by atoms with Crippen LogP contribution in [0.5, 0.6) is 0 Å². The number of hydrogen-bond donors (Lipinski definition) is 1. The maximum Gasteiger partial charge on any atom is 0.0166 e. The molecule has 0 bridgehead atoms. The largest absolute Gasteiger partial charge is 0.313 e. The van der Waals surface area contributed by atoms with Crippen LogP contribution in [-0.4, -0.2) is 38.1 Å². The number of unbranched alkanes of at least 4 members (excludes halogenated alkanes) is 1. The monoisotopic (exact) mass is 240 g/mol. The van der Waals surface area contributed by atoms with E-state index in [-0.39, 0.29) is 0 Å². The minimum absolute atomic E-state index is 0.594. The number of nitrogens with one attached hydrogen (secondary N) is 1. The molecule has 1 aromatic heterocycles. The molecule has 0 aliphatic heterocycles. The van der Waals surface area contributed by atoms with E-state index in [2.05, 4.69) is 48.7 Å². The van der Waals surface area contributed by atoms with Gasteiger partial charge in [-0.25, -0.2) is 0 Å². The van der Waals surface area contributed by atoms with E-state index in [0.717, 1.165) is 13.1 Å². The van der Waals surface area contributed by atoms with Gasteiger partial charge in [0.1, 0.15) is 0 Å². The van der Waals surface area contributed by atoms with Crippen LogP contribution in [0.3, 0.4) is 0 Å². The van der Waals surface area contributed by atoms with E-state index in [0.29, 0.717) is 6.04 Å². The smallest absolute Gasteiger partial charge is 0.0166 e. The molecule has 0 aliphatic carbocycles. The fourth-order valence-electron chi connectivity index (χ4n) is 1.84. The second kappa shape index (κ2) is 7.82. The molecule has 1 atom stereocenters. The van der Waals surface area contributed by atoms with Crippen molar-refractivity contribution < 1.29 is 0 Å². The molecule has 16 heavy (non-hydrogen) atoms. The number of thiophene rings is 1. The third kappa shape index (κ3) is 6.26. The highest BCUT2D eigenvalue weighted by atomic mass is 32.1. The van der Waals surface area contributed by atoms with Gasteiger partial charge < -0.3 is 10.2 Å². The molecular weight excluding hydrogens is 216 g/mol. The average Bonchev–Trinajstić information content (AvgIpc) is 2.68. The molecule has 2 nitrogen and oxygen atoms in total. The Balaban J connectivity index is 1.95. The molecule has 0 fully saturated rings. The van der Waals surface area contributed by atoms with Crippen molar-refractivity contribution in [1.82, 2.24) is 10.2 Å². The van der Waals surface area contributed by atoms with Crippen LogP contribution in [0.4, 0.5) is 0 Å². The molecule has 1 unspecified atom stereocenters. The fraction of sp³-hybridized carbons (Fsp3) is 0.692. The van der Waals surface area contributed by atoms with E-state index in [1.807, 2.05) is 11.3 Å². The highest BCUT2D eigenvalue weighted by molar-refractivity contribution is 7.09. The van der Waals surface area contributed by atoms with E-state index >= 15 is 0 Å². The quantitative estimate of drug-likeness (QED) is 0.703. The summed E-state index contributed by atoms with van der Waals surface area (Å²) < 4.78 is 0. The zero-order valence-electron chi connectivity index (χ0n) is 10.7. The molecule has 92 valence electrons. The molecule has 0 aromatic carbocycles. The number of hydrogen-bond acceptors (Lipinski definition) is 3. The van der Waals surface area contributed by atoms with Crippen LogP contribution in [0.15, 0.2) is 17.5 Å². The third-order valence-corrected chi connectivity index (χ3v) is 3.50. The Hall–Kier alpha value is -0.380. The zero-order chi connectivity index (χ0) is 11.8. The SMILES string of the molecule is CC(CN(C)C)NCCCCc1cccs1. The summed E-state index contributed by atoms with van der Waals surface area (Å²) in [5.74, 6) is 0. The van der Waals surface area contributed by atoms with Gasteiger partial charge in [-0.2, -0.15) is 0 Å². The predicted molar refractivity (Wildman–Crippen MR) is 73.3 cm³/mol. The molecular formula is C13H24N2S. The minimum Gasteiger partial charge on any atom is -0.313 e. The second-order valence-corrected chi connectivity index (χ2v) is 5.69. The first-order valence-corrected chi connectivity index (χ1v) is 6.97. The third-order valence-electron chi connectivity index (χ3n) is 2.56. The summed E-state index contributed by atoms with van der Waals surface area (Å²) in [6.45, 7) is 4.50. The molecule has 0 amide bonds. The van der Waals surface area contributed by atoms with Gasteiger partial charge in [0.25, 0.3) is 0 Å². The second-order valence-electron chi connectivity index (χ2n) is 4.65. The van der Waals surface area contributed by atoms with Crippen LogP contribution in [0.25, 0.3) is 0 Å². The lowest BCUT2D eigenvalue weighted by atomic mass is 10.2. The van der Waals surface area contributed by atoms with Crippen molar-refractivity contribution in [2.45, 2.75) is 32.2 Å². The molecule has 1 N–H and O–H groups in total. The minimum atomic E-state index is 0.594. The Kier molecular flexibility index (Phi) is 6.69. The zero-order valence-corrected chi connectivity index (χ0v) is 11.5. The summed E-state index contributed by atoms with van der Waals surface area (Å²) in [7, 11) is 4.24. The van der Waals surface area contributed by atoms with Crippen molar-refractivity contribution >= 4 is 11.3 Å².